The van der Waals surface area contributed by atoms with Crippen LogP contribution in [0, 0.1) is 0 Å². The molecule has 1 heterocycles. The molecule has 80 heavy (non-hydrogen) atoms. The van der Waals surface area contributed by atoms with E-state index in [2.05, 4.69) is 397 Å². The number of rotatable bonds is 1. The second-order valence-electron chi connectivity index (χ2n) is 19.0. The molecular weight excluding hydrogens is 1910 g/mol. The van der Waals surface area contributed by atoms with Crippen LogP contribution in [0.5, 0.6) is 0 Å². The summed E-state index contributed by atoms with van der Waals surface area (Å²) < 4.78 is 17.6. The summed E-state index contributed by atoms with van der Waals surface area (Å²) in [7, 11) is 0. The zero-order chi connectivity index (χ0) is 56.1. The highest BCUT2D eigenvalue weighted by molar-refractivity contribution is 9.13. The first-order valence-electron chi connectivity index (χ1n) is 24.3. The van der Waals surface area contributed by atoms with Crippen molar-refractivity contribution in [1.29, 1.82) is 0 Å². The molecule has 0 fully saturated rings. The zero-order valence-corrected chi connectivity index (χ0v) is 62.8. The smallest absolute Gasteiger partial charge is 0.0727 e. The van der Waals surface area contributed by atoms with Gasteiger partial charge in [-0.15, -0.1) is 0 Å². The summed E-state index contributed by atoms with van der Waals surface area (Å²) >= 11 is 50.4. The SMILES string of the molecule is Brc1cc(Br)c2ccc3c(Br)cc(Br)c4ccc1c2c43.Brc1cc(Br)cc(Br)c1.Brc1ccc(-n2c3ccc(Br)cc3c3cc(Br)ccc32)cc1.Brc1ccc2c(c1)C1(c3cc(Br)ccc3-2)c2cc(Br)ccc2-c2ccc(Br)cc21. The van der Waals surface area contributed by atoms with E-state index in [-0.39, 0.29) is 5.41 Å². The van der Waals surface area contributed by atoms with Gasteiger partial charge < -0.3 is 4.57 Å². The Morgan fingerprint density at radius 3 is 0.812 bits per heavy atom. The number of hydrogen-bond acceptors (Lipinski definition) is 0. The molecule has 1 nitrogen and oxygen atoms in total. The first-order valence-corrected chi connectivity index (χ1v) is 35.4. The van der Waals surface area contributed by atoms with Crippen LogP contribution in [0.3, 0.4) is 0 Å². The lowest BCUT2D eigenvalue weighted by molar-refractivity contribution is 0.791. The number of nitrogens with zero attached hydrogens (tertiary/aromatic N) is 1. The summed E-state index contributed by atoms with van der Waals surface area (Å²) in [5.41, 5.74) is 13.8. The van der Waals surface area contributed by atoms with Crippen LogP contribution in [0.25, 0.3) is 82.1 Å². The topological polar surface area (TPSA) is 4.93 Å². The second kappa shape index (κ2) is 23.8. The third-order valence-electron chi connectivity index (χ3n) is 14.4. The summed E-state index contributed by atoms with van der Waals surface area (Å²) in [6.07, 6.45) is 0. The van der Waals surface area contributed by atoms with Crippen LogP contribution >= 0.6 is 223 Å². The van der Waals surface area contributed by atoms with E-state index in [4.69, 9.17) is 0 Å². The zero-order valence-electron chi connectivity index (χ0n) is 40.6. The molecule has 0 aliphatic heterocycles. The van der Waals surface area contributed by atoms with E-state index in [1.807, 2.05) is 18.2 Å². The number of fused-ring (bicyclic) bond motifs is 13. The molecule has 15 heteroatoms. The van der Waals surface area contributed by atoms with Gasteiger partial charge in [-0.25, -0.2) is 0 Å². The minimum absolute atomic E-state index is 0.337. The average Bonchev–Trinajstić information content (AvgIpc) is 2.00. The monoisotopic (exact) mass is 1930 g/mol. The fourth-order valence-electron chi connectivity index (χ4n) is 11.3. The molecule has 0 saturated carbocycles. The fraction of sp³-hybridized carbons (Fsp3) is 0.0154. The van der Waals surface area contributed by atoms with Crippen molar-refractivity contribution in [3.05, 3.63) is 273 Å². The van der Waals surface area contributed by atoms with Crippen molar-refractivity contribution in [2.75, 3.05) is 0 Å². The molecule has 2 aliphatic rings. The Morgan fingerprint density at radius 1 is 0.225 bits per heavy atom. The first kappa shape index (κ1) is 58.6. The maximum absolute atomic E-state index is 3.74. The van der Waals surface area contributed by atoms with Crippen LogP contribution < -0.4 is 0 Å². The summed E-state index contributed by atoms with van der Waals surface area (Å²) in [5, 5.41) is 10.0. The van der Waals surface area contributed by atoms with Crippen LogP contribution in [0.4, 0.5) is 0 Å². The molecular formula is C65H31Br14N. The molecule has 0 N–H and O–H groups in total. The van der Waals surface area contributed by atoms with Gasteiger partial charge in [0.25, 0.3) is 0 Å². The number of aromatic nitrogens is 1. The van der Waals surface area contributed by atoms with Gasteiger partial charge >= 0.3 is 0 Å². The molecule has 12 aromatic carbocycles. The Morgan fingerprint density at radius 2 is 0.500 bits per heavy atom. The molecule has 0 atom stereocenters. The van der Waals surface area contributed by atoms with Crippen molar-refractivity contribution in [2.45, 2.75) is 5.41 Å². The highest BCUT2D eigenvalue weighted by Gasteiger charge is 2.52. The number of hydrogen-bond donors (Lipinski definition) is 0. The molecule has 13 aromatic rings. The minimum Gasteiger partial charge on any atom is -0.309 e. The molecule has 0 radical (unpaired) electrons. The van der Waals surface area contributed by atoms with Crippen LogP contribution in [0.1, 0.15) is 22.3 Å². The number of halogens is 14. The van der Waals surface area contributed by atoms with Gasteiger partial charge in [-0.05, 0) is 216 Å². The molecule has 15 rings (SSSR count). The van der Waals surface area contributed by atoms with E-state index >= 15 is 0 Å². The average molecular weight is 1940 g/mol. The highest BCUT2D eigenvalue weighted by atomic mass is 79.9. The van der Waals surface area contributed by atoms with Crippen molar-refractivity contribution in [1.82, 2.24) is 4.57 Å². The van der Waals surface area contributed by atoms with E-state index in [9.17, 15) is 0 Å². The van der Waals surface area contributed by atoms with Crippen molar-refractivity contribution in [3.63, 3.8) is 0 Å². The Bertz CT molecular complexity index is 4190. The summed E-state index contributed by atoms with van der Waals surface area (Å²) in [6, 6.07) is 66.9. The molecule has 394 valence electrons. The third kappa shape index (κ3) is 10.8. The Kier molecular flexibility index (Phi) is 17.4. The summed E-state index contributed by atoms with van der Waals surface area (Å²) in [6.45, 7) is 0. The predicted molar refractivity (Wildman–Crippen MR) is 388 cm³/mol. The number of benzene rings is 12. The summed E-state index contributed by atoms with van der Waals surface area (Å²) in [5.74, 6) is 0. The molecule has 0 amide bonds. The largest absolute Gasteiger partial charge is 0.309 e. The maximum Gasteiger partial charge on any atom is 0.0727 e. The van der Waals surface area contributed by atoms with Gasteiger partial charge in [0, 0.05) is 79.1 Å². The van der Waals surface area contributed by atoms with Crippen molar-refractivity contribution in [3.8, 4) is 27.9 Å². The fourth-order valence-corrected chi connectivity index (χ4v) is 19.0. The van der Waals surface area contributed by atoms with Crippen LogP contribution in [0.2, 0.25) is 0 Å². The van der Waals surface area contributed by atoms with Crippen molar-refractivity contribution < 1.29 is 0 Å². The van der Waals surface area contributed by atoms with Crippen molar-refractivity contribution in [2.24, 2.45) is 0 Å². The molecule has 0 saturated heterocycles. The van der Waals surface area contributed by atoms with Crippen LogP contribution in [0.15, 0.2) is 251 Å². The van der Waals surface area contributed by atoms with Gasteiger partial charge in [0.2, 0.25) is 0 Å². The van der Waals surface area contributed by atoms with Gasteiger partial charge in [0.15, 0.2) is 0 Å². The molecule has 1 aromatic heterocycles. The van der Waals surface area contributed by atoms with E-state index in [0.29, 0.717) is 0 Å². The maximum atomic E-state index is 3.74. The Balaban J connectivity index is 0.000000113. The van der Waals surface area contributed by atoms with Gasteiger partial charge in [0.1, 0.15) is 0 Å². The van der Waals surface area contributed by atoms with E-state index in [0.717, 1.165) is 68.3 Å². The Hall–Kier alpha value is -1.80. The molecule has 0 bridgehead atoms. The Labute approximate surface area is 579 Å². The van der Waals surface area contributed by atoms with E-state index in [1.54, 1.807) is 0 Å². The molecule has 0 unspecified atom stereocenters. The van der Waals surface area contributed by atoms with Crippen LogP contribution in [-0.4, -0.2) is 4.57 Å². The van der Waals surface area contributed by atoms with Gasteiger partial charge in [-0.1, -0.05) is 272 Å². The normalized spacial score (nSPS) is 12.5. The third-order valence-corrected chi connectivity index (χ3v) is 21.9. The van der Waals surface area contributed by atoms with E-state index in [1.165, 1.54) is 98.6 Å². The van der Waals surface area contributed by atoms with Gasteiger partial charge in [0.05, 0.1) is 16.4 Å². The molecule has 1 spiro atoms. The van der Waals surface area contributed by atoms with Crippen LogP contribution in [-0.2, 0) is 5.41 Å². The second-order valence-corrected chi connectivity index (χ2v) is 31.6. The quantitative estimate of drug-likeness (QED) is 0.144. The lowest BCUT2D eigenvalue weighted by Gasteiger charge is -2.31. The predicted octanol–water partition coefficient (Wildman–Crippen LogP) is 27.8. The van der Waals surface area contributed by atoms with E-state index < -0.39 is 0 Å². The molecule has 2 aliphatic carbocycles. The minimum atomic E-state index is -0.337. The summed E-state index contributed by atoms with van der Waals surface area (Å²) in [4.78, 5) is 0. The lowest BCUT2D eigenvalue weighted by Crippen LogP contribution is -2.26. The highest BCUT2D eigenvalue weighted by Crippen LogP contribution is 2.64. The van der Waals surface area contributed by atoms with Crippen molar-refractivity contribution >= 4 is 277 Å². The van der Waals surface area contributed by atoms with Gasteiger partial charge in [-0.3, -0.25) is 0 Å². The lowest BCUT2D eigenvalue weighted by atomic mass is 9.70. The van der Waals surface area contributed by atoms with Gasteiger partial charge in [-0.2, -0.15) is 0 Å². The standard InChI is InChI=1S/C25H12Br4.C18H10Br3N.C16H6Br4.C6H3Br3/c26-13-1-5-17-18-6-2-14(27)10-22(18)25(21(17)9-13)23-11-15(28)3-7-19(23)20-8-4-16(29)12-24(20)25;19-11-1-5-14(6-2-11)22-17-7-3-12(20)9-15(17)16-10-13(21)4-8-18(16)22;17-11-5-13(19)9-3-4-10-14(20)6-12(18)8-2-1-7(11)15(9)16(8)10;7-4-1-5(8)3-6(9)2-4/h1-12H;1-10H;1-6H;1-3H. The first-order chi connectivity index (χ1) is 38.4.